The third-order valence-corrected chi connectivity index (χ3v) is 5.68. The van der Waals surface area contributed by atoms with Crippen LogP contribution in [0.4, 0.5) is 5.69 Å². The number of nitrogens with zero attached hydrogens (tertiary/aromatic N) is 4. The van der Waals surface area contributed by atoms with Gasteiger partial charge in [0.2, 0.25) is 5.91 Å². The first-order valence-corrected chi connectivity index (χ1v) is 10.3. The van der Waals surface area contributed by atoms with E-state index in [9.17, 15) is 4.79 Å². The summed E-state index contributed by atoms with van der Waals surface area (Å²) in [4.78, 5) is 23.1. The first-order valence-electron chi connectivity index (χ1n) is 9.97. The van der Waals surface area contributed by atoms with Gasteiger partial charge in [-0.15, -0.1) is 24.0 Å². The van der Waals surface area contributed by atoms with E-state index in [1.54, 1.807) is 7.05 Å². The number of anilines is 1. The Balaban J connectivity index is 0.00000320. The quantitative estimate of drug-likeness (QED) is 0.340. The van der Waals surface area contributed by atoms with Gasteiger partial charge in [0, 0.05) is 45.5 Å². The maximum Gasteiger partial charge on any atom is 0.226 e. The third kappa shape index (κ3) is 6.34. The number of benzene rings is 1. The van der Waals surface area contributed by atoms with Crippen molar-refractivity contribution in [2.45, 2.75) is 32.7 Å². The Morgan fingerprint density at radius 2 is 2.20 bits per heavy atom. The molecule has 0 bridgehead atoms. The molecule has 2 unspecified atom stereocenters. The number of aryl methyl sites for hydroxylation is 1. The van der Waals surface area contributed by atoms with Gasteiger partial charge >= 0.3 is 0 Å². The van der Waals surface area contributed by atoms with Crippen LogP contribution in [0, 0.1) is 12.8 Å². The maximum atomic E-state index is 12.3. The van der Waals surface area contributed by atoms with Crippen molar-refractivity contribution in [2.24, 2.45) is 10.9 Å². The summed E-state index contributed by atoms with van der Waals surface area (Å²) in [7, 11) is 1.78. The Kier molecular flexibility index (Phi) is 9.41. The highest BCUT2D eigenvalue weighted by molar-refractivity contribution is 14.0. The van der Waals surface area contributed by atoms with E-state index in [1.165, 1.54) is 0 Å². The van der Waals surface area contributed by atoms with Gasteiger partial charge in [0.15, 0.2) is 5.96 Å². The second-order valence-corrected chi connectivity index (χ2v) is 7.95. The monoisotopic (exact) mass is 544 g/mol. The Bertz CT molecular complexity index is 857. The number of aliphatic imine (C=N–C) groups is 1. The van der Waals surface area contributed by atoms with E-state index in [2.05, 4.69) is 37.0 Å². The molecule has 1 aliphatic rings. The Morgan fingerprint density at radius 3 is 2.87 bits per heavy atom. The average Bonchev–Trinajstić information content (AvgIpc) is 3.23. The summed E-state index contributed by atoms with van der Waals surface area (Å²) in [5.74, 6) is 1.31. The van der Waals surface area contributed by atoms with Gasteiger partial charge in [0.1, 0.15) is 0 Å². The SMILES string of the molecule is CN=C(NCCC(=O)Nc1ccc(C)cc1Cl)N1CCC(C)C(n2ccnc2)C1.I. The summed E-state index contributed by atoms with van der Waals surface area (Å²) >= 11 is 6.19. The molecule has 0 radical (unpaired) electrons. The first kappa shape index (κ1) is 24.5. The van der Waals surface area contributed by atoms with Crippen LogP contribution in [-0.2, 0) is 4.79 Å². The van der Waals surface area contributed by atoms with Gasteiger partial charge in [-0.05, 0) is 37.0 Å². The molecule has 1 aromatic heterocycles. The van der Waals surface area contributed by atoms with Gasteiger partial charge in [-0.1, -0.05) is 24.6 Å². The molecule has 0 spiro atoms. The minimum Gasteiger partial charge on any atom is -0.356 e. The number of carbonyl (C=O) groups is 1. The molecular formula is C21H30ClIN6O. The number of likely N-dealkylation sites (tertiary alicyclic amines) is 1. The molecule has 9 heteroatoms. The number of piperidine rings is 1. The third-order valence-electron chi connectivity index (χ3n) is 5.37. The lowest BCUT2D eigenvalue weighted by Gasteiger charge is -2.39. The fraction of sp³-hybridized carbons (Fsp3) is 0.476. The van der Waals surface area contributed by atoms with Crippen LogP contribution in [0.3, 0.4) is 0 Å². The molecule has 1 aliphatic heterocycles. The number of aromatic nitrogens is 2. The molecule has 2 heterocycles. The summed E-state index contributed by atoms with van der Waals surface area (Å²) in [6.45, 7) is 6.55. The Labute approximate surface area is 200 Å². The lowest BCUT2D eigenvalue weighted by atomic mass is 9.93. The number of halogens is 2. The van der Waals surface area contributed by atoms with Crippen molar-refractivity contribution in [1.29, 1.82) is 0 Å². The summed E-state index contributed by atoms with van der Waals surface area (Å²) in [5.41, 5.74) is 1.70. The number of nitrogens with one attached hydrogen (secondary N) is 2. The highest BCUT2D eigenvalue weighted by Gasteiger charge is 2.28. The van der Waals surface area contributed by atoms with Gasteiger partial charge in [0.25, 0.3) is 0 Å². The highest BCUT2D eigenvalue weighted by atomic mass is 127. The molecule has 1 aromatic carbocycles. The van der Waals surface area contributed by atoms with Gasteiger partial charge < -0.3 is 20.1 Å². The van der Waals surface area contributed by atoms with E-state index >= 15 is 0 Å². The number of carbonyl (C=O) groups excluding carboxylic acids is 1. The fourth-order valence-electron chi connectivity index (χ4n) is 3.65. The predicted octanol–water partition coefficient (Wildman–Crippen LogP) is 3.95. The molecule has 7 nitrogen and oxygen atoms in total. The van der Waals surface area contributed by atoms with Crippen molar-refractivity contribution in [2.75, 3.05) is 32.0 Å². The van der Waals surface area contributed by atoms with Crippen LogP contribution in [0.2, 0.25) is 5.02 Å². The molecular weight excluding hydrogens is 515 g/mol. The van der Waals surface area contributed by atoms with Crippen LogP contribution in [-0.4, -0.2) is 53.0 Å². The standard InChI is InChI=1S/C21H29ClN6O.HI/c1-15-4-5-18(17(22)12-15)26-20(29)6-8-25-21(23-3)27-10-7-16(2)19(13-27)28-11-9-24-14-28;/h4-5,9,11-12,14,16,19H,6-8,10,13H2,1-3H3,(H,23,25)(H,26,29);1H. The van der Waals surface area contributed by atoms with E-state index in [0.717, 1.165) is 31.0 Å². The zero-order chi connectivity index (χ0) is 20.8. The van der Waals surface area contributed by atoms with Crippen LogP contribution in [0.15, 0.2) is 41.9 Å². The number of hydrogen-bond acceptors (Lipinski definition) is 3. The van der Waals surface area contributed by atoms with Crippen LogP contribution < -0.4 is 10.6 Å². The molecule has 0 saturated carbocycles. The molecule has 164 valence electrons. The summed E-state index contributed by atoms with van der Waals surface area (Å²) in [6.07, 6.45) is 7.12. The molecule has 2 aromatic rings. The number of guanidine groups is 1. The fourth-order valence-corrected chi connectivity index (χ4v) is 3.93. The van der Waals surface area contributed by atoms with Crippen LogP contribution >= 0.6 is 35.6 Å². The normalized spacial score (nSPS) is 19.2. The summed E-state index contributed by atoms with van der Waals surface area (Å²) < 4.78 is 2.17. The molecule has 0 aliphatic carbocycles. The van der Waals surface area contributed by atoms with Crippen molar-refractivity contribution in [3.8, 4) is 0 Å². The zero-order valence-electron chi connectivity index (χ0n) is 17.6. The van der Waals surface area contributed by atoms with Crippen LogP contribution in [0.25, 0.3) is 0 Å². The second-order valence-electron chi connectivity index (χ2n) is 7.54. The van der Waals surface area contributed by atoms with Gasteiger partial charge in [0.05, 0.1) is 23.1 Å². The van der Waals surface area contributed by atoms with E-state index in [4.69, 9.17) is 11.6 Å². The van der Waals surface area contributed by atoms with E-state index in [1.807, 2.05) is 43.8 Å². The smallest absolute Gasteiger partial charge is 0.226 e. The minimum absolute atomic E-state index is 0. The number of hydrogen-bond donors (Lipinski definition) is 2. The second kappa shape index (κ2) is 11.5. The number of amides is 1. The van der Waals surface area contributed by atoms with E-state index < -0.39 is 0 Å². The van der Waals surface area contributed by atoms with Crippen molar-refractivity contribution in [1.82, 2.24) is 19.8 Å². The highest BCUT2D eigenvalue weighted by Crippen LogP contribution is 2.27. The summed E-state index contributed by atoms with van der Waals surface area (Å²) in [5, 5.41) is 6.73. The van der Waals surface area contributed by atoms with Gasteiger partial charge in [-0.2, -0.15) is 0 Å². The van der Waals surface area contributed by atoms with Crippen molar-refractivity contribution < 1.29 is 4.79 Å². The van der Waals surface area contributed by atoms with Gasteiger partial charge in [-0.3, -0.25) is 9.79 Å². The molecule has 1 saturated heterocycles. The first-order chi connectivity index (χ1) is 14.0. The van der Waals surface area contributed by atoms with Crippen LogP contribution in [0.1, 0.15) is 31.4 Å². The van der Waals surface area contributed by atoms with Gasteiger partial charge in [-0.25, -0.2) is 4.98 Å². The zero-order valence-corrected chi connectivity index (χ0v) is 20.7. The molecule has 3 rings (SSSR count). The Morgan fingerprint density at radius 1 is 1.40 bits per heavy atom. The molecule has 1 fully saturated rings. The molecule has 2 N–H and O–H groups in total. The summed E-state index contributed by atoms with van der Waals surface area (Å²) in [6, 6.07) is 5.95. The van der Waals surface area contributed by atoms with Crippen molar-refractivity contribution >= 4 is 53.1 Å². The molecule has 2 atom stereocenters. The van der Waals surface area contributed by atoms with Crippen LogP contribution in [0.5, 0.6) is 0 Å². The number of rotatable bonds is 5. The van der Waals surface area contributed by atoms with Crippen molar-refractivity contribution in [3.05, 3.63) is 47.5 Å². The molecule has 30 heavy (non-hydrogen) atoms. The maximum absolute atomic E-state index is 12.3. The lowest BCUT2D eigenvalue weighted by Crippen LogP contribution is -2.49. The average molecular weight is 545 g/mol. The molecule has 1 amide bonds. The Hall–Kier alpha value is -1.81. The van der Waals surface area contributed by atoms with E-state index in [-0.39, 0.29) is 29.9 Å². The van der Waals surface area contributed by atoms with Crippen molar-refractivity contribution in [3.63, 3.8) is 0 Å². The predicted molar refractivity (Wildman–Crippen MR) is 133 cm³/mol. The number of imidazole rings is 1. The minimum atomic E-state index is -0.0812. The topological polar surface area (TPSA) is 74.6 Å². The largest absolute Gasteiger partial charge is 0.356 e. The van der Waals surface area contributed by atoms with E-state index in [0.29, 0.717) is 35.6 Å². The lowest BCUT2D eigenvalue weighted by molar-refractivity contribution is -0.116.